The molecule has 0 radical (unpaired) electrons. The zero-order chi connectivity index (χ0) is 10.2. The smallest absolute Gasteiger partial charge is 0.0279 e. The molecule has 0 bridgehead atoms. The van der Waals surface area contributed by atoms with Gasteiger partial charge in [-0.25, -0.2) is 0 Å². The van der Waals surface area contributed by atoms with Gasteiger partial charge >= 0.3 is 0 Å². The van der Waals surface area contributed by atoms with Gasteiger partial charge in [-0.05, 0) is 24.3 Å². The van der Waals surface area contributed by atoms with Crippen molar-refractivity contribution in [3.05, 3.63) is 35.9 Å². The van der Waals surface area contributed by atoms with Crippen molar-refractivity contribution in [2.24, 2.45) is 5.92 Å². The minimum Gasteiger partial charge on any atom is -0.0651 e. The average Bonchev–Trinajstić information content (AvgIpc) is 2.25. The van der Waals surface area contributed by atoms with Gasteiger partial charge in [0, 0.05) is 0 Å². The highest BCUT2D eigenvalue weighted by molar-refractivity contribution is 5.14. The van der Waals surface area contributed by atoms with Crippen molar-refractivity contribution in [2.45, 2.75) is 46.0 Å². The van der Waals surface area contributed by atoms with E-state index in [-0.39, 0.29) is 0 Å². The van der Waals surface area contributed by atoms with Crippen LogP contribution in [0.15, 0.2) is 30.3 Å². The zero-order valence-corrected chi connectivity index (χ0v) is 9.50. The monoisotopic (exact) mass is 190 g/mol. The van der Waals surface area contributed by atoms with Gasteiger partial charge in [-0.3, -0.25) is 0 Å². The van der Waals surface area contributed by atoms with Gasteiger partial charge in [0.05, 0.1) is 0 Å². The van der Waals surface area contributed by atoms with E-state index >= 15 is 0 Å². The number of hydrogen-bond donors (Lipinski definition) is 0. The summed E-state index contributed by atoms with van der Waals surface area (Å²) in [5, 5.41) is 0. The first-order valence-electron chi connectivity index (χ1n) is 5.87. The van der Waals surface area contributed by atoms with E-state index in [1.807, 2.05) is 0 Å². The fourth-order valence-electron chi connectivity index (χ4n) is 1.67. The Kier molecular flexibility index (Phi) is 5.36. The highest BCUT2D eigenvalue weighted by Gasteiger charge is 1.98. The van der Waals surface area contributed by atoms with Crippen LogP contribution in [0, 0.1) is 5.92 Å². The molecule has 0 heteroatoms. The topological polar surface area (TPSA) is 0 Å². The summed E-state index contributed by atoms with van der Waals surface area (Å²) in [6.45, 7) is 4.63. The lowest BCUT2D eigenvalue weighted by molar-refractivity contribution is 0.484. The van der Waals surface area contributed by atoms with Crippen molar-refractivity contribution in [2.75, 3.05) is 0 Å². The second kappa shape index (κ2) is 6.64. The van der Waals surface area contributed by atoms with Crippen LogP contribution in [0.3, 0.4) is 0 Å². The second-order valence-electron chi connectivity index (χ2n) is 4.24. The van der Waals surface area contributed by atoms with Crippen LogP contribution in [0.4, 0.5) is 0 Å². The van der Waals surface area contributed by atoms with Crippen LogP contribution >= 0.6 is 0 Å². The van der Waals surface area contributed by atoms with Gasteiger partial charge in [-0.2, -0.15) is 0 Å². The average molecular weight is 190 g/mol. The molecular weight excluding hydrogens is 168 g/mol. The van der Waals surface area contributed by atoms with Crippen LogP contribution in [0.25, 0.3) is 0 Å². The van der Waals surface area contributed by atoms with E-state index in [2.05, 4.69) is 44.2 Å². The Morgan fingerprint density at radius 3 is 2.43 bits per heavy atom. The molecule has 0 N–H and O–H groups in total. The highest BCUT2D eigenvalue weighted by atomic mass is 14.0. The molecular formula is C14H22. The summed E-state index contributed by atoms with van der Waals surface area (Å²) in [5.41, 5.74) is 1.48. The number of aryl methyl sites for hydroxylation is 1. The first-order chi connectivity index (χ1) is 6.83. The molecule has 0 aliphatic carbocycles. The molecule has 1 aromatic rings. The summed E-state index contributed by atoms with van der Waals surface area (Å²) in [5.74, 6) is 0.908. The lowest BCUT2D eigenvalue weighted by Gasteiger charge is -2.07. The van der Waals surface area contributed by atoms with Crippen molar-refractivity contribution in [3.63, 3.8) is 0 Å². The molecule has 78 valence electrons. The van der Waals surface area contributed by atoms with E-state index < -0.39 is 0 Å². The third kappa shape index (κ3) is 4.45. The van der Waals surface area contributed by atoms with Crippen molar-refractivity contribution in [3.8, 4) is 0 Å². The van der Waals surface area contributed by atoms with E-state index in [9.17, 15) is 0 Å². The Bertz CT molecular complexity index is 225. The molecule has 1 aromatic carbocycles. The Labute approximate surface area is 88.4 Å². The predicted octanol–water partition coefficient (Wildman–Crippen LogP) is 4.45. The zero-order valence-electron chi connectivity index (χ0n) is 9.50. The van der Waals surface area contributed by atoms with Crippen LogP contribution < -0.4 is 0 Å². The first-order valence-corrected chi connectivity index (χ1v) is 5.87. The van der Waals surface area contributed by atoms with Gasteiger partial charge in [0.1, 0.15) is 0 Å². The minimum atomic E-state index is 0.908. The number of unbranched alkanes of at least 4 members (excludes halogenated alkanes) is 1. The summed E-state index contributed by atoms with van der Waals surface area (Å²) in [6.07, 6.45) is 6.68. The van der Waals surface area contributed by atoms with Crippen LogP contribution in [-0.2, 0) is 6.42 Å². The Morgan fingerprint density at radius 2 is 1.79 bits per heavy atom. The normalized spacial score (nSPS) is 12.7. The van der Waals surface area contributed by atoms with E-state index in [1.165, 1.54) is 37.7 Å². The fourth-order valence-corrected chi connectivity index (χ4v) is 1.67. The maximum Gasteiger partial charge on any atom is -0.0279 e. The molecule has 0 aliphatic heterocycles. The summed E-state index contributed by atoms with van der Waals surface area (Å²) in [4.78, 5) is 0. The molecule has 0 heterocycles. The molecule has 0 amide bonds. The van der Waals surface area contributed by atoms with Crippen molar-refractivity contribution >= 4 is 0 Å². The Morgan fingerprint density at radius 1 is 1.07 bits per heavy atom. The molecule has 0 aliphatic rings. The maximum atomic E-state index is 2.35. The molecule has 0 spiro atoms. The third-order valence-electron chi connectivity index (χ3n) is 2.95. The lowest BCUT2D eigenvalue weighted by atomic mass is 9.99. The SMILES string of the molecule is CC[C@H](C)CCCCc1ccccc1. The van der Waals surface area contributed by atoms with Gasteiger partial charge in [0.25, 0.3) is 0 Å². The summed E-state index contributed by atoms with van der Waals surface area (Å²) >= 11 is 0. The fraction of sp³-hybridized carbons (Fsp3) is 0.571. The van der Waals surface area contributed by atoms with E-state index in [4.69, 9.17) is 0 Å². The van der Waals surface area contributed by atoms with Gasteiger partial charge in [-0.15, -0.1) is 0 Å². The van der Waals surface area contributed by atoms with Gasteiger partial charge in [0.15, 0.2) is 0 Å². The Balaban J connectivity index is 2.10. The number of hydrogen-bond acceptors (Lipinski definition) is 0. The first kappa shape index (κ1) is 11.3. The van der Waals surface area contributed by atoms with Crippen molar-refractivity contribution in [1.82, 2.24) is 0 Å². The molecule has 1 atom stereocenters. The minimum absolute atomic E-state index is 0.908. The van der Waals surface area contributed by atoms with Gasteiger partial charge in [0.2, 0.25) is 0 Å². The quantitative estimate of drug-likeness (QED) is 0.581. The molecule has 0 fully saturated rings. The van der Waals surface area contributed by atoms with Crippen LogP contribution in [0.5, 0.6) is 0 Å². The van der Waals surface area contributed by atoms with Gasteiger partial charge in [-0.1, -0.05) is 63.4 Å². The summed E-state index contributed by atoms with van der Waals surface area (Å²) in [6, 6.07) is 10.8. The third-order valence-corrected chi connectivity index (χ3v) is 2.95. The lowest BCUT2D eigenvalue weighted by Crippen LogP contribution is -1.93. The standard InChI is InChI=1S/C14H22/c1-3-13(2)9-7-8-12-14-10-5-4-6-11-14/h4-6,10-11,13H,3,7-9,12H2,1-2H3/t13-/m0/s1. The molecule has 14 heavy (non-hydrogen) atoms. The Hall–Kier alpha value is -0.780. The van der Waals surface area contributed by atoms with Crippen molar-refractivity contribution in [1.29, 1.82) is 0 Å². The van der Waals surface area contributed by atoms with E-state index in [1.54, 1.807) is 0 Å². The molecule has 0 saturated heterocycles. The molecule has 0 aromatic heterocycles. The van der Waals surface area contributed by atoms with E-state index in [0.717, 1.165) is 5.92 Å². The molecule has 1 rings (SSSR count). The molecule has 0 saturated carbocycles. The van der Waals surface area contributed by atoms with Crippen molar-refractivity contribution < 1.29 is 0 Å². The number of benzene rings is 1. The summed E-state index contributed by atoms with van der Waals surface area (Å²) in [7, 11) is 0. The van der Waals surface area contributed by atoms with Gasteiger partial charge < -0.3 is 0 Å². The van der Waals surface area contributed by atoms with Crippen LogP contribution in [-0.4, -0.2) is 0 Å². The van der Waals surface area contributed by atoms with Crippen LogP contribution in [0.2, 0.25) is 0 Å². The van der Waals surface area contributed by atoms with Crippen LogP contribution in [0.1, 0.15) is 45.1 Å². The molecule has 0 nitrogen and oxygen atoms in total. The van der Waals surface area contributed by atoms with E-state index in [0.29, 0.717) is 0 Å². The number of rotatable bonds is 6. The second-order valence-corrected chi connectivity index (χ2v) is 4.24. The summed E-state index contributed by atoms with van der Waals surface area (Å²) < 4.78 is 0. The molecule has 0 unspecified atom stereocenters. The largest absolute Gasteiger partial charge is 0.0651 e. The predicted molar refractivity (Wildman–Crippen MR) is 63.5 cm³/mol. The maximum absolute atomic E-state index is 2.35. The highest BCUT2D eigenvalue weighted by Crippen LogP contribution is 2.13.